The first-order chi connectivity index (χ1) is 8.18. The summed E-state index contributed by atoms with van der Waals surface area (Å²) in [6, 6.07) is 1.47. The molecule has 2 unspecified atom stereocenters. The van der Waals surface area contributed by atoms with E-state index < -0.39 is 5.97 Å². The Labute approximate surface area is 98.0 Å². The molecule has 17 heavy (non-hydrogen) atoms. The van der Waals surface area contributed by atoms with Crippen LogP contribution in [-0.2, 0) is 4.79 Å². The van der Waals surface area contributed by atoms with Gasteiger partial charge in [0.2, 0.25) is 5.76 Å². The molecule has 0 saturated heterocycles. The van der Waals surface area contributed by atoms with Gasteiger partial charge in [-0.05, 0) is 18.8 Å². The molecule has 1 aliphatic carbocycles. The maximum atomic E-state index is 11.5. The predicted molar refractivity (Wildman–Crippen MR) is 57.3 cm³/mol. The average molecular weight is 238 g/mol. The highest BCUT2D eigenvalue weighted by Crippen LogP contribution is 2.31. The monoisotopic (exact) mass is 238 g/mol. The lowest BCUT2D eigenvalue weighted by Crippen LogP contribution is -2.32. The van der Waals surface area contributed by atoms with Crippen molar-refractivity contribution in [2.75, 3.05) is 6.54 Å². The van der Waals surface area contributed by atoms with E-state index in [1.54, 1.807) is 0 Å². The Balaban J connectivity index is 1.86. The van der Waals surface area contributed by atoms with E-state index in [-0.39, 0.29) is 23.5 Å². The molecule has 1 saturated carbocycles. The maximum absolute atomic E-state index is 11.5. The zero-order chi connectivity index (χ0) is 12.3. The third-order valence-corrected chi connectivity index (χ3v) is 3.16. The van der Waals surface area contributed by atoms with Gasteiger partial charge in [0.05, 0.1) is 12.1 Å². The van der Waals surface area contributed by atoms with Crippen LogP contribution in [0, 0.1) is 11.8 Å². The summed E-state index contributed by atoms with van der Waals surface area (Å²) in [7, 11) is 0. The van der Waals surface area contributed by atoms with Gasteiger partial charge in [0.15, 0.2) is 0 Å². The first-order valence-corrected chi connectivity index (χ1v) is 5.60. The quantitative estimate of drug-likeness (QED) is 0.813. The van der Waals surface area contributed by atoms with Crippen molar-refractivity contribution < 1.29 is 19.2 Å². The van der Waals surface area contributed by atoms with E-state index in [0.29, 0.717) is 13.0 Å². The van der Waals surface area contributed by atoms with Gasteiger partial charge < -0.3 is 14.9 Å². The van der Waals surface area contributed by atoms with Crippen LogP contribution in [0.15, 0.2) is 16.8 Å². The van der Waals surface area contributed by atoms with Gasteiger partial charge in [0, 0.05) is 12.6 Å². The van der Waals surface area contributed by atoms with E-state index in [0.717, 1.165) is 12.8 Å². The first kappa shape index (κ1) is 11.6. The second kappa shape index (κ2) is 4.99. The standard InChI is InChI=1S/C11H14N2O4/c14-10(9-4-5-13-17-9)12-6-7-2-1-3-8(7)11(15)16/h4-5,7-8H,1-3,6H2,(H,12,14)(H,15,16). The minimum Gasteiger partial charge on any atom is -0.481 e. The second-order valence-corrected chi connectivity index (χ2v) is 4.22. The molecule has 1 aromatic rings. The Morgan fingerprint density at radius 3 is 3.00 bits per heavy atom. The van der Waals surface area contributed by atoms with E-state index in [1.165, 1.54) is 12.3 Å². The molecule has 2 rings (SSSR count). The fourth-order valence-corrected chi connectivity index (χ4v) is 2.25. The Kier molecular flexibility index (Phi) is 3.41. The Morgan fingerprint density at radius 1 is 1.53 bits per heavy atom. The third-order valence-electron chi connectivity index (χ3n) is 3.16. The molecule has 2 atom stereocenters. The lowest BCUT2D eigenvalue weighted by atomic mass is 9.96. The number of nitrogens with one attached hydrogen (secondary N) is 1. The largest absolute Gasteiger partial charge is 0.481 e. The molecule has 1 heterocycles. The van der Waals surface area contributed by atoms with Gasteiger partial charge in [-0.25, -0.2) is 0 Å². The molecule has 0 aliphatic heterocycles. The van der Waals surface area contributed by atoms with Crippen molar-refractivity contribution in [1.82, 2.24) is 10.5 Å². The average Bonchev–Trinajstić information content (AvgIpc) is 2.96. The van der Waals surface area contributed by atoms with E-state index in [2.05, 4.69) is 10.5 Å². The number of carbonyl (C=O) groups excluding carboxylic acids is 1. The number of carboxylic acids is 1. The van der Waals surface area contributed by atoms with Crippen molar-refractivity contribution in [3.05, 3.63) is 18.0 Å². The molecular formula is C11H14N2O4. The molecule has 6 nitrogen and oxygen atoms in total. The summed E-state index contributed by atoms with van der Waals surface area (Å²) < 4.78 is 4.71. The minimum absolute atomic E-state index is 0.0133. The molecular weight excluding hydrogens is 224 g/mol. The summed E-state index contributed by atoms with van der Waals surface area (Å²) in [6.45, 7) is 0.372. The molecule has 0 spiro atoms. The van der Waals surface area contributed by atoms with Crippen LogP contribution in [0.3, 0.4) is 0 Å². The number of nitrogens with zero attached hydrogens (tertiary/aromatic N) is 1. The van der Waals surface area contributed by atoms with Crippen LogP contribution >= 0.6 is 0 Å². The number of amides is 1. The molecule has 2 N–H and O–H groups in total. The molecule has 0 radical (unpaired) electrons. The van der Waals surface area contributed by atoms with Crippen molar-refractivity contribution in [1.29, 1.82) is 0 Å². The molecule has 1 amide bonds. The highest BCUT2D eigenvalue weighted by Gasteiger charge is 2.33. The molecule has 1 aromatic heterocycles. The van der Waals surface area contributed by atoms with Gasteiger partial charge in [-0.15, -0.1) is 0 Å². The lowest BCUT2D eigenvalue weighted by Gasteiger charge is -2.15. The zero-order valence-electron chi connectivity index (χ0n) is 9.26. The summed E-state index contributed by atoms with van der Waals surface area (Å²) in [4.78, 5) is 22.5. The van der Waals surface area contributed by atoms with Crippen LogP contribution in [0.25, 0.3) is 0 Å². The summed E-state index contributed by atoms with van der Waals surface area (Å²) in [5.74, 6) is -1.31. The SMILES string of the molecule is O=C(NCC1CCCC1C(=O)O)c1ccno1. The highest BCUT2D eigenvalue weighted by atomic mass is 16.5. The van der Waals surface area contributed by atoms with E-state index >= 15 is 0 Å². The van der Waals surface area contributed by atoms with Crippen LogP contribution in [-0.4, -0.2) is 28.7 Å². The molecule has 92 valence electrons. The Morgan fingerprint density at radius 2 is 2.35 bits per heavy atom. The van der Waals surface area contributed by atoms with Gasteiger partial charge >= 0.3 is 5.97 Å². The molecule has 1 aliphatic rings. The van der Waals surface area contributed by atoms with Gasteiger partial charge in [-0.2, -0.15) is 0 Å². The summed E-state index contributed by atoms with van der Waals surface area (Å²) >= 11 is 0. The van der Waals surface area contributed by atoms with Crippen LogP contribution < -0.4 is 5.32 Å². The van der Waals surface area contributed by atoms with Gasteiger partial charge in [-0.1, -0.05) is 11.6 Å². The number of hydrogen-bond acceptors (Lipinski definition) is 4. The summed E-state index contributed by atoms with van der Waals surface area (Å²) in [6.07, 6.45) is 3.83. The summed E-state index contributed by atoms with van der Waals surface area (Å²) in [5, 5.41) is 15.1. The van der Waals surface area contributed by atoms with E-state index in [4.69, 9.17) is 9.63 Å². The van der Waals surface area contributed by atoms with E-state index in [1.807, 2.05) is 0 Å². The number of aromatic nitrogens is 1. The fraction of sp³-hybridized carbons (Fsp3) is 0.545. The minimum atomic E-state index is -0.776. The summed E-state index contributed by atoms with van der Waals surface area (Å²) in [5.41, 5.74) is 0. The fourth-order valence-electron chi connectivity index (χ4n) is 2.25. The first-order valence-electron chi connectivity index (χ1n) is 5.60. The van der Waals surface area contributed by atoms with Gasteiger partial charge in [0.25, 0.3) is 5.91 Å². The number of aliphatic carboxylic acids is 1. The second-order valence-electron chi connectivity index (χ2n) is 4.22. The van der Waals surface area contributed by atoms with Crippen LogP contribution in [0.2, 0.25) is 0 Å². The van der Waals surface area contributed by atoms with Crippen molar-refractivity contribution >= 4 is 11.9 Å². The number of hydrogen-bond donors (Lipinski definition) is 2. The molecule has 6 heteroatoms. The van der Waals surface area contributed by atoms with Crippen LogP contribution in [0.5, 0.6) is 0 Å². The maximum Gasteiger partial charge on any atom is 0.306 e. The van der Waals surface area contributed by atoms with E-state index in [9.17, 15) is 9.59 Å². The van der Waals surface area contributed by atoms with Crippen LogP contribution in [0.1, 0.15) is 29.8 Å². The lowest BCUT2D eigenvalue weighted by molar-refractivity contribution is -0.142. The Bertz CT molecular complexity index is 402. The zero-order valence-corrected chi connectivity index (χ0v) is 9.26. The Hall–Kier alpha value is -1.85. The topological polar surface area (TPSA) is 92.4 Å². The van der Waals surface area contributed by atoms with Gasteiger partial charge in [-0.3, -0.25) is 9.59 Å². The highest BCUT2D eigenvalue weighted by molar-refractivity contribution is 5.91. The van der Waals surface area contributed by atoms with Crippen molar-refractivity contribution in [3.8, 4) is 0 Å². The number of carbonyl (C=O) groups is 2. The third kappa shape index (κ3) is 2.64. The normalized spacial score (nSPS) is 23.5. The van der Waals surface area contributed by atoms with Gasteiger partial charge in [0.1, 0.15) is 0 Å². The smallest absolute Gasteiger partial charge is 0.306 e. The van der Waals surface area contributed by atoms with Crippen molar-refractivity contribution in [3.63, 3.8) is 0 Å². The molecule has 0 aromatic carbocycles. The molecule has 0 bridgehead atoms. The predicted octanol–water partition coefficient (Wildman–Crippen LogP) is 0.905. The number of rotatable bonds is 4. The van der Waals surface area contributed by atoms with Crippen LogP contribution in [0.4, 0.5) is 0 Å². The molecule has 1 fully saturated rings. The van der Waals surface area contributed by atoms with Crippen molar-refractivity contribution in [2.45, 2.75) is 19.3 Å². The van der Waals surface area contributed by atoms with Crippen molar-refractivity contribution in [2.24, 2.45) is 11.8 Å². The number of carboxylic acid groups (broad SMARTS) is 1.